The van der Waals surface area contributed by atoms with Gasteiger partial charge in [0.25, 0.3) is 15.9 Å². The highest BCUT2D eigenvalue weighted by Crippen LogP contribution is 2.25. The van der Waals surface area contributed by atoms with Crippen LogP contribution in [0.3, 0.4) is 0 Å². The summed E-state index contributed by atoms with van der Waals surface area (Å²) >= 11 is 1.21. The number of amides is 1. The monoisotopic (exact) mass is 308 g/mol. The molecule has 0 atom stereocenters. The molecular weight excluding hydrogens is 296 g/mol. The van der Waals surface area contributed by atoms with Gasteiger partial charge in [-0.05, 0) is 36.8 Å². The van der Waals surface area contributed by atoms with E-state index in [1.807, 2.05) is 6.92 Å². The van der Waals surface area contributed by atoms with E-state index in [0.29, 0.717) is 17.8 Å². The number of thiophene rings is 1. The Morgan fingerprint density at radius 2 is 2.05 bits per heavy atom. The standard InChI is InChI=1S/C13H12N2O3S2/c1-8-2-5-12(19-8)20(17,18)15-10-4-3-9-7-14-13(16)11(9)6-10/h2-6,15H,7H2,1H3,(H,14,16). The van der Waals surface area contributed by atoms with E-state index >= 15 is 0 Å². The minimum Gasteiger partial charge on any atom is -0.348 e. The van der Waals surface area contributed by atoms with Gasteiger partial charge in [0.05, 0.1) is 0 Å². The maximum absolute atomic E-state index is 12.2. The van der Waals surface area contributed by atoms with Gasteiger partial charge in [-0.25, -0.2) is 8.42 Å². The Kier molecular flexibility index (Phi) is 3.02. The lowest BCUT2D eigenvalue weighted by Gasteiger charge is -2.07. The molecule has 0 saturated heterocycles. The van der Waals surface area contributed by atoms with Gasteiger partial charge in [-0.1, -0.05) is 6.07 Å². The first kappa shape index (κ1) is 13.1. The zero-order chi connectivity index (χ0) is 14.3. The third-order valence-corrected chi connectivity index (χ3v) is 5.90. The van der Waals surface area contributed by atoms with Crippen LogP contribution in [-0.4, -0.2) is 14.3 Å². The van der Waals surface area contributed by atoms with E-state index in [2.05, 4.69) is 10.0 Å². The number of carbonyl (C=O) groups excluding carboxylic acids is 1. The number of benzene rings is 1. The number of rotatable bonds is 3. The summed E-state index contributed by atoms with van der Waals surface area (Å²) in [5, 5.41) is 2.70. The molecule has 2 aromatic rings. The fraction of sp³-hybridized carbons (Fsp3) is 0.154. The largest absolute Gasteiger partial charge is 0.348 e. The third-order valence-electron chi connectivity index (χ3n) is 3.03. The van der Waals surface area contributed by atoms with Crippen LogP contribution in [0.1, 0.15) is 20.8 Å². The minimum atomic E-state index is -3.59. The fourth-order valence-corrected chi connectivity index (χ4v) is 4.37. The normalized spacial score (nSPS) is 13.9. The summed E-state index contributed by atoms with van der Waals surface area (Å²) in [6.07, 6.45) is 0. The quantitative estimate of drug-likeness (QED) is 0.912. The van der Waals surface area contributed by atoms with Gasteiger partial charge in [-0.3, -0.25) is 9.52 Å². The SMILES string of the molecule is Cc1ccc(S(=O)(=O)Nc2ccc3c(c2)C(=O)NC3)s1. The van der Waals surface area contributed by atoms with Crippen LogP contribution in [0.5, 0.6) is 0 Å². The molecule has 0 saturated carbocycles. The third kappa shape index (κ3) is 2.30. The summed E-state index contributed by atoms with van der Waals surface area (Å²) in [6, 6.07) is 8.31. The molecule has 1 aromatic heterocycles. The Morgan fingerprint density at radius 1 is 1.25 bits per heavy atom. The molecule has 2 N–H and O–H groups in total. The molecule has 0 radical (unpaired) electrons. The zero-order valence-corrected chi connectivity index (χ0v) is 12.3. The molecule has 1 aliphatic rings. The fourth-order valence-electron chi connectivity index (χ4n) is 2.04. The molecule has 1 aromatic carbocycles. The number of aryl methyl sites for hydroxylation is 1. The Bertz CT molecular complexity index is 794. The summed E-state index contributed by atoms with van der Waals surface area (Å²) in [7, 11) is -3.59. The minimum absolute atomic E-state index is 0.173. The van der Waals surface area contributed by atoms with Crippen molar-refractivity contribution in [2.24, 2.45) is 0 Å². The van der Waals surface area contributed by atoms with Crippen LogP contribution in [0.2, 0.25) is 0 Å². The molecule has 1 aliphatic heterocycles. The summed E-state index contributed by atoms with van der Waals surface area (Å²) in [5.41, 5.74) is 1.80. The zero-order valence-electron chi connectivity index (χ0n) is 10.6. The molecule has 0 spiro atoms. The van der Waals surface area contributed by atoms with Crippen molar-refractivity contribution in [2.75, 3.05) is 4.72 Å². The topological polar surface area (TPSA) is 75.3 Å². The van der Waals surface area contributed by atoms with Crippen LogP contribution in [-0.2, 0) is 16.6 Å². The Balaban J connectivity index is 1.92. The van der Waals surface area contributed by atoms with Crippen molar-refractivity contribution in [3.63, 3.8) is 0 Å². The molecule has 0 unspecified atom stereocenters. The average molecular weight is 308 g/mol. The smallest absolute Gasteiger partial charge is 0.271 e. The first-order valence-electron chi connectivity index (χ1n) is 5.96. The van der Waals surface area contributed by atoms with Gasteiger partial charge < -0.3 is 5.32 Å². The van der Waals surface area contributed by atoms with Crippen LogP contribution in [0, 0.1) is 6.92 Å². The Morgan fingerprint density at radius 3 is 2.75 bits per heavy atom. The molecule has 0 fully saturated rings. The van der Waals surface area contributed by atoms with Crippen LogP contribution < -0.4 is 10.0 Å². The highest BCUT2D eigenvalue weighted by molar-refractivity contribution is 7.94. The molecule has 2 heterocycles. The number of fused-ring (bicyclic) bond motifs is 1. The van der Waals surface area contributed by atoms with Crippen LogP contribution >= 0.6 is 11.3 Å². The van der Waals surface area contributed by atoms with E-state index in [9.17, 15) is 13.2 Å². The van der Waals surface area contributed by atoms with Crippen molar-refractivity contribution in [3.05, 3.63) is 46.3 Å². The van der Waals surface area contributed by atoms with Crippen LogP contribution in [0.15, 0.2) is 34.5 Å². The summed E-state index contributed by atoms with van der Waals surface area (Å²) in [6.45, 7) is 2.34. The van der Waals surface area contributed by atoms with Crippen molar-refractivity contribution in [2.45, 2.75) is 17.7 Å². The van der Waals surface area contributed by atoms with Gasteiger partial charge in [0.15, 0.2) is 0 Å². The maximum atomic E-state index is 12.2. The number of nitrogens with one attached hydrogen (secondary N) is 2. The van der Waals surface area contributed by atoms with Crippen LogP contribution in [0.25, 0.3) is 0 Å². The van der Waals surface area contributed by atoms with E-state index in [1.165, 1.54) is 11.3 Å². The lowest BCUT2D eigenvalue weighted by molar-refractivity contribution is 0.0966. The predicted octanol–water partition coefficient (Wildman–Crippen LogP) is 2.10. The molecule has 104 valence electrons. The maximum Gasteiger partial charge on any atom is 0.271 e. The van der Waals surface area contributed by atoms with Crippen LogP contribution in [0.4, 0.5) is 5.69 Å². The van der Waals surface area contributed by atoms with Crippen molar-refractivity contribution >= 4 is 33.0 Å². The van der Waals surface area contributed by atoms with E-state index in [4.69, 9.17) is 0 Å². The number of hydrogen-bond acceptors (Lipinski definition) is 4. The first-order chi connectivity index (χ1) is 9.45. The summed E-state index contributed by atoms with van der Waals surface area (Å²) < 4.78 is 27.2. The van der Waals surface area contributed by atoms with Gasteiger partial charge in [-0.2, -0.15) is 0 Å². The second kappa shape index (κ2) is 4.60. The van der Waals surface area contributed by atoms with Crippen molar-refractivity contribution < 1.29 is 13.2 Å². The average Bonchev–Trinajstić information content (AvgIpc) is 2.97. The van der Waals surface area contributed by atoms with Gasteiger partial charge >= 0.3 is 0 Å². The Labute approximate surface area is 120 Å². The molecule has 3 rings (SSSR count). The molecule has 5 nitrogen and oxygen atoms in total. The van der Waals surface area contributed by atoms with Gasteiger partial charge in [0.1, 0.15) is 4.21 Å². The molecular formula is C13H12N2O3S2. The number of carbonyl (C=O) groups is 1. The molecule has 20 heavy (non-hydrogen) atoms. The first-order valence-corrected chi connectivity index (χ1v) is 8.26. The molecule has 0 bridgehead atoms. The van der Waals surface area contributed by atoms with Gasteiger partial charge in [-0.15, -0.1) is 11.3 Å². The van der Waals surface area contributed by atoms with Crippen molar-refractivity contribution in [3.8, 4) is 0 Å². The molecule has 7 heteroatoms. The number of anilines is 1. The van der Waals surface area contributed by atoms with Gasteiger partial charge in [0.2, 0.25) is 0 Å². The lowest BCUT2D eigenvalue weighted by Crippen LogP contribution is -2.13. The lowest BCUT2D eigenvalue weighted by atomic mass is 10.1. The highest BCUT2D eigenvalue weighted by Gasteiger charge is 2.21. The predicted molar refractivity (Wildman–Crippen MR) is 77.5 cm³/mol. The molecule has 1 amide bonds. The highest BCUT2D eigenvalue weighted by atomic mass is 32.2. The Hall–Kier alpha value is -1.86. The second-order valence-corrected chi connectivity index (χ2v) is 7.72. The summed E-state index contributed by atoms with van der Waals surface area (Å²) in [4.78, 5) is 12.5. The van der Waals surface area contributed by atoms with E-state index in [1.54, 1.807) is 30.3 Å². The van der Waals surface area contributed by atoms with E-state index in [-0.39, 0.29) is 10.1 Å². The molecule has 0 aliphatic carbocycles. The van der Waals surface area contributed by atoms with E-state index in [0.717, 1.165) is 10.4 Å². The van der Waals surface area contributed by atoms with Crippen molar-refractivity contribution in [1.29, 1.82) is 0 Å². The van der Waals surface area contributed by atoms with Crippen molar-refractivity contribution in [1.82, 2.24) is 5.32 Å². The number of hydrogen-bond donors (Lipinski definition) is 2. The number of sulfonamides is 1. The second-order valence-electron chi connectivity index (χ2n) is 4.53. The van der Waals surface area contributed by atoms with Gasteiger partial charge in [0, 0.05) is 22.7 Å². The summed E-state index contributed by atoms with van der Waals surface area (Å²) in [5.74, 6) is -0.173. The van der Waals surface area contributed by atoms with E-state index < -0.39 is 10.0 Å².